The quantitative estimate of drug-likeness (QED) is 0.890. The molecule has 1 atom stereocenters. The molecule has 0 bridgehead atoms. The van der Waals surface area contributed by atoms with E-state index in [0.29, 0.717) is 18.8 Å². The Bertz CT molecular complexity index is 858. The normalized spacial score (nSPS) is 22.0. The number of piperidine rings is 1. The van der Waals surface area contributed by atoms with E-state index >= 15 is 0 Å². The first kappa shape index (κ1) is 17.7. The minimum Gasteiger partial charge on any atom is -0.496 e. The molecule has 1 amide bonds. The minimum absolute atomic E-state index is 0.0792. The van der Waals surface area contributed by atoms with Crippen molar-refractivity contribution < 1.29 is 9.53 Å². The average Bonchev–Trinajstić information content (AvgIpc) is 3.15. The molecule has 1 aromatic rings. The Kier molecular flexibility index (Phi) is 4.70. The number of rotatable bonds is 3. The van der Waals surface area contributed by atoms with Gasteiger partial charge in [0, 0.05) is 36.0 Å². The van der Waals surface area contributed by atoms with Crippen molar-refractivity contribution in [2.75, 3.05) is 26.9 Å². The van der Waals surface area contributed by atoms with Crippen LogP contribution in [0.1, 0.15) is 35.7 Å². The third kappa shape index (κ3) is 3.35. The molecule has 0 radical (unpaired) electrons. The van der Waals surface area contributed by atoms with Crippen LogP contribution in [-0.2, 0) is 0 Å². The van der Waals surface area contributed by atoms with Crippen LogP contribution in [0.5, 0.6) is 5.75 Å². The van der Waals surface area contributed by atoms with E-state index in [-0.39, 0.29) is 11.8 Å². The van der Waals surface area contributed by atoms with Crippen LogP contribution in [0.2, 0.25) is 0 Å². The number of likely N-dealkylation sites (tertiary alicyclic amines) is 1. The summed E-state index contributed by atoms with van der Waals surface area (Å²) in [6.07, 6.45) is 4.14. The Morgan fingerprint density at radius 3 is 2.96 bits per heavy atom. The number of aryl methyl sites for hydroxylation is 1. The van der Waals surface area contributed by atoms with Gasteiger partial charge in [-0.15, -0.1) is 0 Å². The molecule has 3 heterocycles. The third-order valence-electron chi connectivity index (χ3n) is 5.31. The van der Waals surface area contributed by atoms with Crippen molar-refractivity contribution in [3.63, 3.8) is 0 Å². The van der Waals surface area contributed by atoms with Gasteiger partial charge in [-0.1, -0.05) is 0 Å². The molecule has 0 aromatic heterocycles. The molecule has 27 heavy (non-hydrogen) atoms. The number of carbonyl (C=O) groups is 1. The Balaban J connectivity index is 1.53. The number of nitrogens with zero attached hydrogens (tertiary/aromatic N) is 4. The molecule has 7 nitrogen and oxygen atoms in total. The van der Waals surface area contributed by atoms with Gasteiger partial charge in [-0.2, -0.15) is 0 Å². The molecule has 3 aliphatic heterocycles. The Hall–Kier alpha value is -2.67. The Labute approximate surface area is 159 Å². The van der Waals surface area contributed by atoms with Crippen LogP contribution in [0.4, 0.5) is 0 Å². The number of guanidine groups is 1. The highest BCUT2D eigenvalue weighted by Crippen LogP contribution is 2.30. The molecule has 1 unspecified atom stereocenters. The molecule has 1 saturated heterocycles. The number of amides is 1. The lowest BCUT2D eigenvalue weighted by molar-refractivity contribution is 0.0679. The fraction of sp³-hybridized carbons (Fsp3) is 0.450. The zero-order valence-electron chi connectivity index (χ0n) is 16.0. The van der Waals surface area contributed by atoms with Crippen LogP contribution < -0.4 is 10.2 Å². The second-order valence-electron chi connectivity index (χ2n) is 7.21. The highest BCUT2D eigenvalue weighted by atomic mass is 16.5. The second kappa shape index (κ2) is 7.15. The van der Waals surface area contributed by atoms with E-state index in [9.17, 15) is 4.79 Å². The van der Waals surface area contributed by atoms with Gasteiger partial charge in [-0.25, -0.2) is 20.4 Å². The molecule has 1 aromatic carbocycles. The van der Waals surface area contributed by atoms with Crippen molar-refractivity contribution in [3.8, 4) is 5.75 Å². The molecular formula is C20H25N5O2. The van der Waals surface area contributed by atoms with Crippen molar-refractivity contribution in [3.05, 3.63) is 41.1 Å². The fourth-order valence-electron chi connectivity index (χ4n) is 3.98. The summed E-state index contributed by atoms with van der Waals surface area (Å²) in [7, 11) is 1.65. The first-order chi connectivity index (χ1) is 13.1. The number of hydrogen-bond donors (Lipinski definition) is 1. The van der Waals surface area contributed by atoms with Crippen molar-refractivity contribution in [1.82, 2.24) is 15.3 Å². The summed E-state index contributed by atoms with van der Waals surface area (Å²) in [6, 6.07) is 5.62. The van der Waals surface area contributed by atoms with Crippen LogP contribution in [-0.4, -0.2) is 54.4 Å². The molecule has 142 valence electrons. The summed E-state index contributed by atoms with van der Waals surface area (Å²) < 4.78 is 5.30. The van der Waals surface area contributed by atoms with Gasteiger partial charge in [-0.05, 0) is 56.5 Å². The van der Waals surface area contributed by atoms with E-state index in [0.717, 1.165) is 48.1 Å². The molecule has 0 aliphatic carbocycles. The average molecular weight is 367 g/mol. The Morgan fingerprint density at radius 2 is 2.19 bits per heavy atom. The van der Waals surface area contributed by atoms with Crippen LogP contribution in [0.3, 0.4) is 0 Å². The maximum absolute atomic E-state index is 13.1. The van der Waals surface area contributed by atoms with Gasteiger partial charge in [0.05, 0.1) is 7.11 Å². The topological polar surface area (TPSA) is 69.5 Å². The van der Waals surface area contributed by atoms with E-state index < -0.39 is 0 Å². The second-order valence-corrected chi connectivity index (χ2v) is 7.21. The van der Waals surface area contributed by atoms with E-state index in [2.05, 4.69) is 21.5 Å². The molecule has 4 rings (SSSR count). The molecular weight excluding hydrogens is 342 g/mol. The number of methoxy groups -OCH3 is 1. The predicted molar refractivity (Wildman–Crippen MR) is 105 cm³/mol. The lowest BCUT2D eigenvalue weighted by Gasteiger charge is -2.37. The molecule has 3 aliphatic rings. The number of nitrogens with one attached hydrogen (secondary N) is 1. The summed E-state index contributed by atoms with van der Waals surface area (Å²) in [4.78, 5) is 23.9. The number of hydrogen-bond acceptors (Lipinski definition) is 6. The number of allylic oxidation sites excluding steroid dienone is 1. The number of ether oxygens (including phenoxy) is 1. The highest BCUT2D eigenvalue weighted by molar-refractivity contribution is 6.05. The van der Waals surface area contributed by atoms with Gasteiger partial charge < -0.3 is 9.64 Å². The fourth-order valence-corrected chi connectivity index (χ4v) is 3.98. The first-order valence-corrected chi connectivity index (χ1v) is 9.35. The number of benzene rings is 1. The van der Waals surface area contributed by atoms with Gasteiger partial charge >= 0.3 is 0 Å². The lowest BCUT2D eigenvalue weighted by Crippen LogP contribution is -2.46. The summed E-state index contributed by atoms with van der Waals surface area (Å²) in [5, 5.41) is 1.98. The lowest BCUT2D eigenvalue weighted by atomic mass is 9.92. The number of hydrazine groups is 1. The summed E-state index contributed by atoms with van der Waals surface area (Å²) >= 11 is 0. The predicted octanol–water partition coefficient (Wildman–Crippen LogP) is 2.35. The highest BCUT2D eigenvalue weighted by Gasteiger charge is 2.33. The van der Waals surface area contributed by atoms with Gasteiger partial charge in [0.2, 0.25) is 5.96 Å². The molecule has 1 fully saturated rings. The SMILES string of the molecule is COc1ccc(C(=O)N2CCCC(C3=CC(C)=NC4=NCNN34)C2)cc1C. The van der Waals surface area contributed by atoms with Crippen molar-refractivity contribution >= 4 is 17.6 Å². The number of fused-ring (bicyclic) bond motifs is 1. The zero-order chi connectivity index (χ0) is 19.0. The van der Waals surface area contributed by atoms with E-state index in [4.69, 9.17) is 4.74 Å². The maximum atomic E-state index is 13.1. The van der Waals surface area contributed by atoms with E-state index in [1.54, 1.807) is 7.11 Å². The molecule has 1 N–H and O–H groups in total. The van der Waals surface area contributed by atoms with Crippen LogP contribution in [0.15, 0.2) is 40.0 Å². The maximum Gasteiger partial charge on any atom is 0.253 e. The van der Waals surface area contributed by atoms with Gasteiger partial charge in [0.25, 0.3) is 5.91 Å². The van der Waals surface area contributed by atoms with Crippen LogP contribution in [0.25, 0.3) is 0 Å². The van der Waals surface area contributed by atoms with Gasteiger partial charge in [0.1, 0.15) is 12.4 Å². The summed E-state index contributed by atoms with van der Waals surface area (Å²) in [5.74, 6) is 1.87. The summed E-state index contributed by atoms with van der Waals surface area (Å²) in [6.45, 7) is 5.99. The Morgan fingerprint density at radius 1 is 1.33 bits per heavy atom. The first-order valence-electron chi connectivity index (χ1n) is 9.35. The van der Waals surface area contributed by atoms with E-state index in [1.807, 2.05) is 42.0 Å². The smallest absolute Gasteiger partial charge is 0.253 e. The van der Waals surface area contributed by atoms with Crippen molar-refractivity contribution in [1.29, 1.82) is 0 Å². The van der Waals surface area contributed by atoms with E-state index in [1.165, 1.54) is 0 Å². The van der Waals surface area contributed by atoms with Crippen LogP contribution in [0, 0.1) is 12.8 Å². The zero-order valence-corrected chi connectivity index (χ0v) is 16.0. The van der Waals surface area contributed by atoms with Crippen molar-refractivity contribution in [2.45, 2.75) is 26.7 Å². The standard InChI is InChI=1S/C20H25N5O2/c1-13-9-15(6-7-18(13)27-3)19(26)24-8-4-5-16(11-24)17-10-14(2)23-20-21-12-22-25(17)20/h6-7,9-10,16,22H,4-5,8,11-12H2,1-3H3. The minimum atomic E-state index is 0.0792. The number of aliphatic imine (C=N–C) groups is 2. The van der Waals surface area contributed by atoms with Crippen LogP contribution >= 0.6 is 0 Å². The van der Waals surface area contributed by atoms with Gasteiger partial charge in [0.15, 0.2) is 0 Å². The third-order valence-corrected chi connectivity index (χ3v) is 5.31. The molecule has 0 spiro atoms. The monoisotopic (exact) mass is 367 g/mol. The summed E-state index contributed by atoms with van der Waals surface area (Å²) in [5.41, 5.74) is 7.06. The van der Waals surface area contributed by atoms with Gasteiger partial charge in [-0.3, -0.25) is 4.79 Å². The van der Waals surface area contributed by atoms with Crippen molar-refractivity contribution in [2.24, 2.45) is 15.9 Å². The molecule has 0 saturated carbocycles. The molecule has 7 heteroatoms. The number of carbonyl (C=O) groups excluding carboxylic acids is 1. The largest absolute Gasteiger partial charge is 0.496 e.